The van der Waals surface area contributed by atoms with E-state index in [0.717, 1.165) is 30.9 Å². The third kappa shape index (κ3) is 4.36. The van der Waals surface area contributed by atoms with Gasteiger partial charge in [0.1, 0.15) is 5.82 Å². The van der Waals surface area contributed by atoms with Crippen molar-refractivity contribution in [2.75, 3.05) is 23.7 Å². The van der Waals surface area contributed by atoms with Crippen molar-refractivity contribution in [3.63, 3.8) is 0 Å². The molecule has 120 valence electrons. The van der Waals surface area contributed by atoms with Crippen LogP contribution in [0.5, 0.6) is 0 Å². The minimum absolute atomic E-state index is 0.233. The summed E-state index contributed by atoms with van der Waals surface area (Å²) in [6, 6.07) is 10.9. The maximum atomic E-state index is 11.8. The minimum Gasteiger partial charge on any atom is -0.370 e. The van der Waals surface area contributed by atoms with Crippen molar-refractivity contribution < 1.29 is 4.79 Å². The lowest BCUT2D eigenvalue weighted by Crippen LogP contribution is -2.30. The number of nitrogens with zero attached hydrogens (tertiary/aromatic N) is 1. The molecule has 2 aromatic rings. The highest BCUT2D eigenvalue weighted by Gasteiger charge is 2.10. The zero-order chi connectivity index (χ0) is 16.1. The van der Waals surface area contributed by atoms with Crippen LogP contribution in [-0.2, 0) is 12.8 Å². The number of aryl methyl sites for hydroxylation is 1. The Bertz CT molecular complexity index is 687. The largest absolute Gasteiger partial charge is 0.370 e. The molecule has 0 atom stereocenters. The molecule has 1 aliphatic heterocycles. The van der Waals surface area contributed by atoms with Gasteiger partial charge in [0.25, 0.3) is 0 Å². The van der Waals surface area contributed by atoms with E-state index in [4.69, 9.17) is 11.6 Å². The van der Waals surface area contributed by atoms with E-state index in [2.05, 4.69) is 27.0 Å². The lowest BCUT2D eigenvalue weighted by atomic mass is 10.1. The summed E-state index contributed by atoms with van der Waals surface area (Å²) < 4.78 is 0. The van der Waals surface area contributed by atoms with E-state index in [9.17, 15) is 4.79 Å². The molecule has 2 heterocycles. The number of pyridine rings is 1. The second-order valence-electron chi connectivity index (χ2n) is 5.48. The first-order valence-corrected chi connectivity index (χ1v) is 8.11. The number of carbonyl (C=O) groups is 1. The Hall–Kier alpha value is -2.27. The first kappa shape index (κ1) is 15.6. The molecule has 1 aromatic carbocycles. The van der Waals surface area contributed by atoms with Gasteiger partial charge in [0.2, 0.25) is 0 Å². The number of rotatable bonds is 4. The van der Waals surface area contributed by atoms with Crippen LogP contribution in [-0.4, -0.2) is 24.1 Å². The summed E-state index contributed by atoms with van der Waals surface area (Å²) in [6.07, 6.45) is 2.93. The molecule has 0 bridgehead atoms. The Balaban J connectivity index is 1.47. The topological polar surface area (TPSA) is 66.0 Å². The third-order valence-electron chi connectivity index (χ3n) is 3.72. The Labute approximate surface area is 140 Å². The first-order chi connectivity index (χ1) is 11.2. The van der Waals surface area contributed by atoms with Crippen LogP contribution >= 0.6 is 11.6 Å². The fourth-order valence-corrected chi connectivity index (χ4v) is 2.65. The van der Waals surface area contributed by atoms with E-state index in [1.807, 2.05) is 6.07 Å². The van der Waals surface area contributed by atoms with E-state index in [-0.39, 0.29) is 6.03 Å². The van der Waals surface area contributed by atoms with Gasteiger partial charge in [0, 0.05) is 35.9 Å². The van der Waals surface area contributed by atoms with Gasteiger partial charge < -0.3 is 16.0 Å². The highest BCUT2D eigenvalue weighted by molar-refractivity contribution is 6.30. The molecular formula is C17H19ClN4O. The van der Waals surface area contributed by atoms with Crippen molar-refractivity contribution in [1.29, 1.82) is 0 Å². The van der Waals surface area contributed by atoms with Gasteiger partial charge in [-0.25, -0.2) is 9.78 Å². The molecule has 3 N–H and O–H groups in total. The van der Waals surface area contributed by atoms with Crippen LogP contribution in [0.4, 0.5) is 16.3 Å². The maximum Gasteiger partial charge on any atom is 0.319 e. The summed E-state index contributed by atoms with van der Waals surface area (Å²) >= 11 is 5.81. The van der Waals surface area contributed by atoms with Crippen LogP contribution in [0.25, 0.3) is 0 Å². The van der Waals surface area contributed by atoms with Crippen molar-refractivity contribution in [1.82, 2.24) is 10.3 Å². The lowest BCUT2D eigenvalue weighted by Gasteiger charge is -2.17. The number of hydrogen-bond donors (Lipinski definition) is 3. The number of hydrogen-bond acceptors (Lipinski definition) is 3. The number of aromatic nitrogens is 1. The molecule has 5 nitrogen and oxygen atoms in total. The van der Waals surface area contributed by atoms with Gasteiger partial charge in [0.15, 0.2) is 0 Å². The standard InChI is InChI=1S/C17H19ClN4O/c18-13-4-7-14(8-5-13)22-17(23)20-11-9-15-6-3-12-2-1-10-19-16(12)21-15/h3-8H,1-2,9-11H2,(H,19,21)(H2,20,22,23). The van der Waals surface area contributed by atoms with Crippen molar-refractivity contribution in [3.05, 3.63) is 52.7 Å². The second-order valence-corrected chi connectivity index (χ2v) is 5.91. The molecule has 0 unspecified atom stereocenters. The van der Waals surface area contributed by atoms with E-state index in [1.165, 1.54) is 5.56 Å². The maximum absolute atomic E-state index is 11.8. The van der Waals surface area contributed by atoms with Crippen LogP contribution < -0.4 is 16.0 Å². The van der Waals surface area contributed by atoms with Crippen LogP contribution in [0.15, 0.2) is 36.4 Å². The smallest absolute Gasteiger partial charge is 0.319 e. The van der Waals surface area contributed by atoms with Crippen LogP contribution in [0.1, 0.15) is 17.7 Å². The molecule has 0 saturated heterocycles. The van der Waals surface area contributed by atoms with E-state index >= 15 is 0 Å². The molecule has 6 heteroatoms. The summed E-state index contributed by atoms with van der Waals surface area (Å²) in [6.45, 7) is 1.51. The quantitative estimate of drug-likeness (QED) is 0.804. The second kappa shape index (κ2) is 7.33. The van der Waals surface area contributed by atoms with Gasteiger partial charge in [-0.15, -0.1) is 0 Å². The SMILES string of the molecule is O=C(NCCc1ccc2c(n1)NCCC2)Nc1ccc(Cl)cc1. The normalized spacial score (nSPS) is 12.9. The molecule has 0 spiro atoms. The monoisotopic (exact) mass is 330 g/mol. The Morgan fingerprint density at radius 2 is 2.04 bits per heavy atom. The zero-order valence-corrected chi connectivity index (χ0v) is 13.5. The fraction of sp³-hybridized carbons (Fsp3) is 0.294. The number of halogens is 1. The third-order valence-corrected chi connectivity index (χ3v) is 3.97. The van der Waals surface area contributed by atoms with Gasteiger partial charge in [-0.2, -0.15) is 0 Å². The number of amides is 2. The molecule has 2 amide bonds. The summed E-state index contributed by atoms with van der Waals surface area (Å²) in [7, 11) is 0. The minimum atomic E-state index is -0.233. The highest BCUT2D eigenvalue weighted by Crippen LogP contribution is 2.19. The molecule has 1 aromatic heterocycles. The summed E-state index contributed by atoms with van der Waals surface area (Å²) in [5.74, 6) is 0.986. The summed E-state index contributed by atoms with van der Waals surface area (Å²) in [5, 5.41) is 9.55. The Kier molecular flexibility index (Phi) is 4.98. The number of nitrogens with one attached hydrogen (secondary N) is 3. The number of benzene rings is 1. The van der Waals surface area contributed by atoms with E-state index in [1.54, 1.807) is 24.3 Å². The van der Waals surface area contributed by atoms with Crippen molar-refractivity contribution in [3.8, 4) is 0 Å². The van der Waals surface area contributed by atoms with Crippen LogP contribution in [0, 0.1) is 0 Å². The first-order valence-electron chi connectivity index (χ1n) is 7.74. The number of anilines is 2. The van der Waals surface area contributed by atoms with E-state index in [0.29, 0.717) is 23.7 Å². The van der Waals surface area contributed by atoms with E-state index < -0.39 is 0 Å². The molecule has 0 radical (unpaired) electrons. The average molecular weight is 331 g/mol. The summed E-state index contributed by atoms with van der Waals surface area (Å²) in [5.41, 5.74) is 2.96. The lowest BCUT2D eigenvalue weighted by molar-refractivity contribution is 0.252. The fourth-order valence-electron chi connectivity index (χ4n) is 2.52. The highest BCUT2D eigenvalue weighted by atomic mass is 35.5. The van der Waals surface area contributed by atoms with Gasteiger partial charge in [-0.3, -0.25) is 0 Å². The van der Waals surface area contributed by atoms with Crippen molar-refractivity contribution >= 4 is 29.1 Å². The Morgan fingerprint density at radius 1 is 1.22 bits per heavy atom. The van der Waals surface area contributed by atoms with Crippen molar-refractivity contribution in [2.24, 2.45) is 0 Å². The van der Waals surface area contributed by atoms with Crippen molar-refractivity contribution in [2.45, 2.75) is 19.3 Å². The van der Waals surface area contributed by atoms with Crippen LogP contribution in [0.3, 0.4) is 0 Å². The molecular weight excluding hydrogens is 312 g/mol. The predicted molar refractivity (Wildman–Crippen MR) is 93.2 cm³/mol. The van der Waals surface area contributed by atoms with Gasteiger partial charge in [-0.05, 0) is 48.7 Å². The Morgan fingerprint density at radius 3 is 2.87 bits per heavy atom. The molecule has 3 rings (SSSR count). The number of urea groups is 1. The number of carbonyl (C=O) groups excluding carboxylic acids is 1. The predicted octanol–water partition coefficient (Wildman–Crippen LogP) is 3.46. The molecule has 1 aliphatic rings. The molecule has 23 heavy (non-hydrogen) atoms. The average Bonchev–Trinajstić information content (AvgIpc) is 2.57. The van der Waals surface area contributed by atoms with Gasteiger partial charge >= 0.3 is 6.03 Å². The van der Waals surface area contributed by atoms with Gasteiger partial charge in [0.05, 0.1) is 0 Å². The summed E-state index contributed by atoms with van der Waals surface area (Å²) in [4.78, 5) is 16.4. The molecule has 0 fully saturated rings. The molecule has 0 aliphatic carbocycles. The zero-order valence-electron chi connectivity index (χ0n) is 12.7. The van der Waals surface area contributed by atoms with Gasteiger partial charge in [-0.1, -0.05) is 17.7 Å². The number of fused-ring (bicyclic) bond motifs is 1. The van der Waals surface area contributed by atoms with Crippen LogP contribution in [0.2, 0.25) is 5.02 Å². The molecule has 0 saturated carbocycles.